The van der Waals surface area contributed by atoms with Crippen LogP contribution >= 0.6 is 0 Å². The second kappa shape index (κ2) is 9.48. The van der Waals surface area contributed by atoms with Gasteiger partial charge in [0.2, 0.25) is 11.8 Å². The number of amides is 2. The zero-order valence-electron chi connectivity index (χ0n) is 18.3. The van der Waals surface area contributed by atoms with Crippen LogP contribution in [0.5, 0.6) is 0 Å². The van der Waals surface area contributed by atoms with Crippen LogP contribution in [0.2, 0.25) is 0 Å². The zero-order chi connectivity index (χ0) is 21.0. The molecule has 164 valence electrons. The van der Waals surface area contributed by atoms with Crippen molar-refractivity contribution in [3.8, 4) is 0 Å². The number of hydrogen-bond acceptors (Lipinski definition) is 4. The Kier molecular flexibility index (Phi) is 6.74. The Morgan fingerprint density at radius 2 is 1.97 bits per heavy atom. The molecule has 0 aliphatic carbocycles. The molecular weight excluding hydrogens is 376 g/mol. The molecule has 6 nitrogen and oxygen atoms in total. The maximum absolute atomic E-state index is 13.0. The summed E-state index contributed by atoms with van der Waals surface area (Å²) in [5.41, 5.74) is 2.85. The number of hydrogen-bond donors (Lipinski definition) is 2. The number of carbonyl (C=O) groups excluding carboxylic acids is 2. The summed E-state index contributed by atoms with van der Waals surface area (Å²) in [6, 6.07) is 8.63. The van der Waals surface area contributed by atoms with Crippen LogP contribution in [0.15, 0.2) is 24.3 Å². The van der Waals surface area contributed by atoms with Gasteiger partial charge in [0.05, 0.1) is 0 Å². The van der Waals surface area contributed by atoms with Crippen molar-refractivity contribution in [2.45, 2.75) is 45.6 Å². The second-order valence-electron chi connectivity index (χ2n) is 9.59. The van der Waals surface area contributed by atoms with Crippen molar-refractivity contribution in [1.29, 1.82) is 0 Å². The van der Waals surface area contributed by atoms with Gasteiger partial charge < -0.3 is 20.4 Å². The van der Waals surface area contributed by atoms with Gasteiger partial charge in [-0.15, -0.1) is 0 Å². The van der Waals surface area contributed by atoms with E-state index in [4.69, 9.17) is 0 Å². The number of benzene rings is 1. The van der Waals surface area contributed by atoms with Gasteiger partial charge in [0.15, 0.2) is 0 Å². The number of fused-ring (bicyclic) bond motifs is 1. The van der Waals surface area contributed by atoms with E-state index < -0.39 is 0 Å². The minimum atomic E-state index is -0.0784. The quantitative estimate of drug-likeness (QED) is 0.774. The smallest absolute Gasteiger partial charge is 0.224 e. The summed E-state index contributed by atoms with van der Waals surface area (Å²) < 4.78 is 0. The number of carbonyl (C=O) groups is 2. The lowest BCUT2D eigenvalue weighted by atomic mass is 9.73. The minimum Gasteiger partial charge on any atom is -0.356 e. The molecule has 6 heteroatoms. The van der Waals surface area contributed by atoms with Crippen LogP contribution in [-0.4, -0.2) is 67.4 Å². The van der Waals surface area contributed by atoms with Gasteiger partial charge in [0.25, 0.3) is 0 Å². The first-order chi connectivity index (χ1) is 14.5. The van der Waals surface area contributed by atoms with E-state index in [-0.39, 0.29) is 17.2 Å². The van der Waals surface area contributed by atoms with Gasteiger partial charge in [-0.2, -0.15) is 0 Å². The van der Waals surface area contributed by atoms with Gasteiger partial charge in [-0.25, -0.2) is 0 Å². The predicted octanol–water partition coefficient (Wildman–Crippen LogP) is 1.79. The number of nitrogens with zero attached hydrogens (tertiary/aromatic N) is 2. The Bertz CT molecular complexity index is 751. The van der Waals surface area contributed by atoms with Gasteiger partial charge in [-0.05, 0) is 74.3 Å². The molecule has 3 aliphatic rings. The van der Waals surface area contributed by atoms with E-state index in [0.29, 0.717) is 19.5 Å². The van der Waals surface area contributed by atoms with Gasteiger partial charge >= 0.3 is 0 Å². The fourth-order valence-electron chi connectivity index (χ4n) is 5.47. The molecule has 1 unspecified atom stereocenters. The van der Waals surface area contributed by atoms with Crippen molar-refractivity contribution in [3.05, 3.63) is 35.4 Å². The summed E-state index contributed by atoms with van der Waals surface area (Å²) in [6.07, 6.45) is 5.04. The Balaban J connectivity index is 1.44. The van der Waals surface area contributed by atoms with Gasteiger partial charge in [0.1, 0.15) is 0 Å². The topological polar surface area (TPSA) is 64.7 Å². The van der Waals surface area contributed by atoms with Crippen LogP contribution in [0.25, 0.3) is 0 Å². The summed E-state index contributed by atoms with van der Waals surface area (Å²) in [4.78, 5) is 28.9. The molecule has 4 rings (SSSR count). The van der Waals surface area contributed by atoms with Crippen LogP contribution in [0.1, 0.15) is 43.7 Å². The molecule has 3 aliphatic heterocycles. The molecule has 0 saturated carbocycles. The van der Waals surface area contributed by atoms with Crippen LogP contribution in [0.3, 0.4) is 0 Å². The lowest BCUT2D eigenvalue weighted by molar-refractivity contribution is -0.134. The highest BCUT2D eigenvalue weighted by Crippen LogP contribution is 2.40. The highest BCUT2D eigenvalue weighted by Gasteiger charge is 2.40. The molecule has 3 heterocycles. The molecule has 2 amide bonds. The van der Waals surface area contributed by atoms with E-state index in [0.717, 1.165) is 57.9 Å². The minimum absolute atomic E-state index is 0.0784. The summed E-state index contributed by atoms with van der Waals surface area (Å²) in [6.45, 7) is 9.23. The molecule has 30 heavy (non-hydrogen) atoms. The van der Waals surface area contributed by atoms with Crippen molar-refractivity contribution < 1.29 is 9.59 Å². The zero-order valence-corrected chi connectivity index (χ0v) is 18.3. The van der Waals surface area contributed by atoms with Crippen molar-refractivity contribution in [2.24, 2.45) is 11.3 Å². The normalized spacial score (nSPS) is 23.8. The lowest BCUT2D eigenvalue weighted by Gasteiger charge is -2.44. The third-order valence-corrected chi connectivity index (χ3v) is 7.23. The first-order valence-corrected chi connectivity index (χ1v) is 11.6. The average molecular weight is 413 g/mol. The summed E-state index contributed by atoms with van der Waals surface area (Å²) in [5, 5.41) is 6.25. The van der Waals surface area contributed by atoms with Gasteiger partial charge in [-0.1, -0.05) is 24.3 Å². The predicted molar refractivity (Wildman–Crippen MR) is 118 cm³/mol. The Labute approximate surface area is 180 Å². The highest BCUT2D eigenvalue weighted by molar-refractivity contribution is 5.78. The molecule has 1 spiro atoms. The van der Waals surface area contributed by atoms with E-state index in [1.165, 1.54) is 31.0 Å². The van der Waals surface area contributed by atoms with Crippen LogP contribution in [0, 0.1) is 11.3 Å². The molecule has 1 atom stereocenters. The summed E-state index contributed by atoms with van der Waals surface area (Å²) in [7, 11) is 0. The molecular formula is C24H36N4O2. The maximum Gasteiger partial charge on any atom is 0.224 e. The number of nitrogens with one attached hydrogen (secondary N) is 2. The molecule has 0 radical (unpaired) electrons. The Hall–Kier alpha value is -1.92. The lowest BCUT2D eigenvalue weighted by Crippen LogP contribution is -2.48. The molecule has 1 aromatic rings. The third kappa shape index (κ3) is 5.22. The number of rotatable bonds is 5. The highest BCUT2D eigenvalue weighted by atomic mass is 16.2. The van der Waals surface area contributed by atoms with Crippen LogP contribution in [-0.2, 0) is 22.6 Å². The second-order valence-corrected chi connectivity index (χ2v) is 9.59. The van der Waals surface area contributed by atoms with E-state index in [1.54, 1.807) is 0 Å². The van der Waals surface area contributed by atoms with Gasteiger partial charge in [0, 0.05) is 39.5 Å². The first-order valence-electron chi connectivity index (χ1n) is 11.6. The molecule has 1 aromatic carbocycles. The van der Waals surface area contributed by atoms with E-state index in [9.17, 15) is 9.59 Å². The monoisotopic (exact) mass is 412 g/mol. The van der Waals surface area contributed by atoms with E-state index in [2.05, 4.69) is 44.7 Å². The molecule has 0 bridgehead atoms. The molecule has 2 saturated heterocycles. The fourth-order valence-corrected chi connectivity index (χ4v) is 5.47. The van der Waals surface area contributed by atoms with Crippen molar-refractivity contribution in [3.63, 3.8) is 0 Å². The van der Waals surface area contributed by atoms with Crippen molar-refractivity contribution in [1.82, 2.24) is 20.4 Å². The first kappa shape index (κ1) is 21.3. The average Bonchev–Trinajstić information content (AvgIpc) is 3.17. The SMILES string of the molecule is CC(=O)NCCC(=O)N1Cc2ccccc2CC2(CCN(CC3CCNC3)CC2)C1. The molecule has 2 N–H and O–H groups in total. The number of likely N-dealkylation sites (tertiary alicyclic amines) is 1. The molecule has 0 aromatic heterocycles. The van der Waals surface area contributed by atoms with E-state index in [1.807, 2.05) is 0 Å². The van der Waals surface area contributed by atoms with Crippen molar-refractivity contribution in [2.75, 3.05) is 45.8 Å². The van der Waals surface area contributed by atoms with Gasteiger partial charge in [-0.3, -0.25) is 9.59 Å². The number of piperidine rings is 1. The fraction of sp³-hybridized carbons (Fsp3) is 0.667. The Morgan fingerprint density at radius 1 is 1.20 bits per heavy atom. The maximum atomic E-state index is 13.0. The third-order valence-electron chi connectivity index (χ3n) is 7.23. The van der Waals surface area contributed by atoms with Crippen LogP contribution in [0.4, 0.5) is 0 Å². The molecule has 2 fully saturated rings. The summed E-state index contributed by atoms with van der Waals surface area (Å²) >= 11 is 0. The summed E-state index contributed by atoms with van der Waals surface area (Å²) in [5.74, 6) is 0.866. The van der Waals surface area contributed by atoms with Crippen molar-refractivity contribution >= 4 is 11.8 Å². The van der Waals surface area contributed by atoms with E-state index >= 15 is 0 Å². The van der Waals surface area contributed by atoms with Crippen LogP contribution < -0.4 is 10.6 Å². The largest absolute Gasteiger partial charge is 0.356 e. The standard InChI is InChI=1S/C24H36N4O2/c1-19(29)26-11-7-23(30)28-17-22-5-3-2-4-21(22)14-24(18-28)8-12-27(13-9-24)16-20-6-10-25-15-20/h2-5,20,25H,6-18H2,1H3,(H,26,29). The Morgan fingerprint density at radius 3 is 2.67 bits per heavy atom.